The lowest BCUT2D eigenvalue weighted by Gasteiger charge is -2.02. The molecule has 0 fully saturated rings. The third-order valence-corrected chi connectivity index (χ3v) is 3.29. The number of thioether (sulfide) groups is 1. The number of thiazole rings is 1. The highest BCUT2D eigenvalue weighted by molar-refractivity contribution is 7.99. The normalized spacial score (nSPS) is 9.87. The quantitative estimate of drug-likeness (QED) is 0.568. The van der Waals surface area contributed by atoms with Gasteiger partial charge < -0.3 is 10.4 Å². The molecular formula is C9H12N2O2S2. The van der Waals surface area contributed by atoms with E-state index in [4.69, 9.17) is 5.11 Å². The summed E-state index contributed by atoms with van der Waals surface area (Å²) in [7, 11) is 0. The van der Waals surface area contributed by atoms with Gasteiger partial charge in [-0.1, -0.05) is 6.08 Å². The Morgan fingerprint density at radius 2 is 2.60 bits per heavy atom. The monoisotopic (exact) mass is 244 g/mol. The SMILES string of the molecule is C=CCSCCNc1scnc1C(=O)O. The fourth-order valence-electron chi connectivity index (χ4n) is 0.927. The van der Waals surface area contributed by atoms with E-state index in [0.717, 1.165) is 18.1 Å². The van der Waals surface area contributed by atoms with Crippen LogP contribution in [0.3, 0.4) is 0 Å². The zero-order chi connectivity index (χ0) is 11.1. The number of nitrogens with zero attached hydrogens (tertiary/aromatic N) is 1. The molecule has 0 unspecified atom stereocenters. The molecule has 2 N–H and O–H groups in total. The Hall–Kier alpha value is -1.01. The maximum Gasteiger partial charge on any atom is 0.357 e. The van der Waals surface area contributed by atoms with Crippen LogP contribution in [0.5, 0.6) is 0 Å². The molecule has 1 rings (SSSR count). The molecule has 1 aromatic heterocycles. The Kier molecular flexibility index (Phi) is 5.20. The number of hydrogen-bond acceptors (Lipinski definition) is 5. The van der Waals surface area contributed by atoms with Gasteiger partial charge in [-0.25, -0.2) is 9.78 Å². The third-order valence-electron chi connectivity index (χ3n) is 1.54. The minimum Gasteiger partial charge on any atom is -0.476 e. The molecule has 1 aromatic rings. The largest absolute Gasteiger partial charge is 0.476 e. The second-order valence-corrected chi connectivity index (χ2v) is 4.63. The maximum absolute atomic E-state index is 10.7. The molecule has 0 saturated heterocycles. The van der Waals surface area contributed by atoms with Crippen molar-refractivity contribution in [2.24, 2.45) is 0 Å². The summed E-state index contributed by atoms with van der Waals surface area (Å²) in [6.07, 6.45) is 1.85. The minimum atomic E-state index is -0.988. The average molecular weight is 244 g/mol. The van der Waals surface area contributed by atoms with Gasteiger partial charge in [0.1, 0.15) is 5.00 Å². The molecule has 0 bridgehead atoms. The molecule has 0 aliphatic heterocycles. The number of carbonyl (C=O) groups is 1. The number of aromatic carboxylic acids is 1. The van der Waals surface area contributed by atoms with Crippen molar-refractivity contribution in [1.29, 1.82) is 0 Å². The molecule has 0 radical (unpaired) electrons. The predicted molar refractivity (Wildman–Crippen MR) is 65.1 cm³/mol. The van der Waals surface area contributed by atoms with Crippen molar-refractivity contribution >= 4 is 34.1 Å². The zero-order valence-electron chi connectivity index (χ0n) is 8.10. The molecule has 0 aliphatic rings. The Bertz CT molecular complexity index is 339. The summed E-state index contributed by atoms with van der Waals surface area (Å²) in [6.45, 7) is 4.36. The van der Waals surface area contributed by atoms with Crippen LogP contribution in [0.4, 0.5) is 5.00 Å². The van der Waals surface area contributed by atoms with Gasteiger partial charge in [0.25, 0.3) is 0 Å². The van der Waals surface area contributed by atoms with Crippen LogP contribution in [0.2, 0.25) is 0 Å². The maximum atomic E-state index is 10.7. The van der Waals surface area contributed by atoms with Crippen LogP contribution in [0.15, 0.2) is 18.2 Å². The lowest BCUT2D eigenvalue weighted by molar-refractivity contribution is 0.0692. The molecule has 0 spiro atoms. The Labute approximate surface area is 96.4 Å². The van der Waals surface area contributed by atoms with E-state index in [9.17, 15) is 4.79 Å². The Morgan fingerprint density at radius 3 is 3.27 bits per heavy atom. The van der Waals surface area contributed by atoms with E-state index in [1.807, 2.05) is 6.08 Å². The molecule has 0 aromatic carbocycles. The molecule has 0 amide bonds. The zero-order valence-corrected chi connectivity index (χ0v) is 9.74. The van der Waals surface area contributed by atoms with Crippen molar-refractivity contribution in [3.8, 4) is 0 Å². The van der Waals surface area contributed by atoms with Crippen LogP contribution in [-0.4, -0.2) is 34.1 Å². The smallest absolute Gasteiger partial charge is 0.357 e. The van der Waals surface area contributed by atoms with Gasteiger partial charge in [-0.3, -0.25) is 0 Å². The molecule has 1 heterocycles. The molecule has 4 nitrogen and oxygen atoms in total. The van der Waals surface area contributed by atoms with Crippen LogP contribution >= 0.6 is 23.1 Å². The number of rotatable bonds is 7. The van der Waals surface area contributed by atoms with Crippen molar-refractivity contribution in [3.05, 3.63) is 23.9 Å². The van der Waals surface area contributed by atoms with Crippen LogP contribution < -0.4 is 5.32 Å². The second-order valence-electron chi connectivity index (χ2n) is 2.63. The molecule has 6 heteroatoms. The molecular weight excluding hydrogens is 232 g/mol. The number of nitrogens with one attached hydrogen (secondary N) is 1. The molecule has 0 saturated carbocycles. The summed E-state index contributed by atoms with van der Waals surface area (Å²) in [5, 5.41) is 12.5. The van der Waals surface area contributed by atoms with E-state index in [0.29, 0.717) is 5.00 Å². The average Bonchev–Trinajstić information content (AvgIpc) is 2.66. The number of aromatic nitrogens is 1. The van der Waals surface area contributed by atoms with Gasteiger partial charge in [-0.05, 0) is 0 Å². The van der Waals surface area contributed by atoms with Gasteiger partial charge in [0, 0.05) is 18.1 Å². The lowest BCUT2D eigenvalue weighted by Crippen LogP contribution is -2.07. The summed E-state index contributed by atoms with van der Waals surface area (Å²) in [5.41, 5.74) is 1.64. The van der Waals surface area contributed by atoms with Crippen LogP contribution in [0.25, 0.3) is 0 Å². The Balaban J connectivity index is 2.34. The molecule has 82 valence electrons. The van der Waals surface area contributed by atoms with Gasteiger partial charge in [-0.2, -0.15) is 11.8 Å². The van der Waals surface area contributed by atoms with Gasteiger partial charge in [-0.15, -0.1) is 17.9 Å². The van der Waals surface area contributed by atoms with Crippen LogP contribution in [-0.2, 0) is 0 Å². The predicted octanol–water partition coefficient (Wildman–Crippen LogP) is 2.17. The highest BCUT2D eigenvalue weighted by Crippen LogP contribution is 2.19. The van der Waals surface area contributed by atoms with Crippen molar-refractivity contribution in [2.75, 3.05) is 23.4 Å². The summed E-state index contributed by atoms with van der Waals surface area (Å²) in [6, 6.07) is 0. The van der Waals surface area contributed by atoms with Crippen LogP contribution in [0, 0.1) is 0 Å². The number of carboxylic acids is 1. The van der Waals surface area contributed by atoms with E-state index >= 15 is 0 Å². The van der Waals surface area contributed by atoms with Crippen molar-refractivity contribution < 1.29 is 9.90 Å². The lowest BCUT2D eigenvalue weighted by atomic mass is 10.4. The second kappa shape index (κ2) is 6.47. The number of carboxylic acid groups (broad SMARTS) is 1. The third kappa shape index (κ3) is 3.93. The van der Waals surface area contributed by atoms with Crippen molar-refractivity contribution in [3.63, 3.8) is 0 Å². The topological polar surface area (TPSA) is 62.2 Å². The van der Waals surface area contributed by atoms with Crippen LogP contribution in [0.1, 0.15) is 10.5 Å². The first-order valence-corrected chi connectivity index (χ1v) is 6.38. The van der Waals surface area contributed by atoms with Gasteiger partial charge >= 0.3 is 5.97 Å². The number of anilines is 1. The van der Waals surface area contributed by atoms with E-state index in [1.54, 1.807) is 11.8 Å². The van der Waals surface area contributed by atoms with E-state index in [2.05, 4.69) is 16.9 Å². The molecule has 15 heavy (non-hydrogen) atoms. The summed E-state index contributed by atoms with van der Waals surface area (Å²) in [5.74, 6) is 0.844. The fourth-order valence-corrected chi connectivity index (χ4v) is 2.21. The van der Waals surface area contributed by atoms with Gasteiger partial charge in [0.2, 0.25) is 0 Å². The molecule has 0 atom stereocenters. The first-order valence-electron chi connectivity index (χ1n) is 4.35. The summed E-state index contributed by atoms with van der Waals surface area (Å²) >= 11 is 3.05. The number of hydrogen-bond donors (Lipinski definition) is 2. The van der Waals surface area contributed by atoms with Crippen molar-refractivity contribution in [2.45, 2.75) is 0 Å². The molecule has 0 aliphatic carbocycles. The summed E-state index contributed by atoms with van der Waals surface area (Å²) in [4.78, 5) is 14.5. The first kappa shape index (κ1) is 12.1. The van der Waals surface area contributed by atoms with Gasteiger partial charge in [0.15, 0.2) is 5.69 Å². The van der Waals surface area contributed by atoms with E-state index in [-0.39, 0.29) is 5.69 Å². The highest BCUT2D eigenvalue weighted by atomic mass is 32.2. The van der Waals surface area contributed by atoms with Gasteiger partial charge in [0.05, 0.1) is 5.51 Å². The summed E-state index contributed by atoms with van der Waals surface area (Å²) < 4.78 is 0. The highest BCUT2D eigenvalue weighted by Gasteiger charge is 2.12. The minimum absolute atomic E-state index is 0.105. The van der Waals surface area contributed by atoms with E-state index in [1.165, 1.54) is 16.8 Å². The van der Waals surface area contributed by atoms with E-state index < -0.39 is 5.97 Å². The Morgan fingerprint density at radius 1 is 1.80 bits per heavy atom. The fraction of sp³-hybridized carbons (Fsp3) is 0.333. The standard InChI is InChI=1S/C9H12N2O2S2/c1-2-4-14-5-3-10-8-7(9(12)13)11-6-15-8/h2,6,10H,1,3-5H2,(H,12,13). The first-order chi connectivity index (χ1) is 7.25. The van der Waals surface area contributed by atoms with Crippen molar-refractivity contribution in [1.82, 2.24) is 4.98 Å².